The van der Waals surface area contributed by atoms with Gasteiger partial charge in [-0.3, -0.25) is 4.79 Å². The van der Waals surface area contributed by atoms with Gasteiger partial charge in [0.05, 0.1) is 6.61 Å². The molecule has 0 heterocycles. The number of nitrogens with zero attached hydrogens (tertiary/aromatic N) is 1. The molecule has 0 spiro atoms. The lowest BCUT2D eigenvalue weighted by Crippen LogP contribution is -2.25. The van der Waals surface area contributed by atoms with Gasteiger partial charge in [-0.25, -0.2) is 0 Å². The van der Waals surface area contributed by atoms with Crippen molar-refractivity contribution < 1.29 is 9.53 Å². The van der Waals surface area contributed by atoms with Crippen LogP contribution in [0.2, 0.25) is 0 Å². The van der Waals surface area contributed by atoms with Crippen LogP contribution in [0.1, 0.15) is 51.4 Å². The standard InChI is InChI=1S/C16H25NO2.CH4/c1-4-16(18)14-8-10-15(11-9-14)19-13-7-12-17(5-2)6-3;/h8-11H,4-7,12-13H2,1-3H3;1H4. The van der Waals surface area contributed by atoms with E-state index in [0.29, 0.717) is 6.42 Å². The van der Waals surface area contributed by atoms with Crippen LogP contribution in [0.5, 0.6) is 5.75 Å². The summed E-state index contributed by atoms with van der Waals surface area (Å²) in [4.78, 5) is 13.9. The number of carbonyl (C=O) groups is 1. The monoisotopic (exact) mass is 279 g/mol. The molecule has 0 saturated carbocycles. The first-order valence-electron chi connectivity index (χ1n) is 7.19. The van der Waals surface area contributed by atoms with Gasteiger partial charge >= 0.3 is 0 Å². The second-order valence-electron chi connectivity index (χ2n) is 4.53. The summed E-state index contributed by atoms with van der Waals surface area (Å²) >= 11 is 0. The molecule has 0 bridgehead atoms. The summed E-state index contributed by atoms with van der Waals surface area (Å²) < 4.78 is 5.68. The number of carbonyl (C=O) groups excluding carboxylic acids is 1. The smallest absolute Gasteiger partial charge is 0.162 e. The SMILES string of the molecule is C.CCC(=O)c1ccc(OCCCN(CC)CC)cc1. The quantitative estimate of drug-likeness (QED) is 0.505. The van der Waals surface area contributed by atoms with Gasteiger partial charge in [-0.1, -0.05) is 28.2 Å². The van der Waals surface area contributed by atoms with E-state index in [4.69, 9.17) is 4.74 Å². The summed E-state index contributed by atoms with van der Waals surface area (Å²) in [6.07, 6.45) is 1.57. The Hall–Kier alpha value is -1.35. The van der Waals surface area contributed by atoms with E-state index in [1.165, 1.54) is 0 Å². The maximum atomic E-state index is 11.5. The highest BCUT2D eigenvalue weighted by Gasteiger charge is 2.03. The summed E-state index contributed by atoms with van der Waals surface area (Å²) in [5.41, 5.74) is 0.762. The summed E-state index contributed by atoms with van der Waals surface area (Å²) in [6, 6.07) is 7.43. The van der Waals surface area contributed by atoms with E-state index in [1.54, 1.807) is 0 Å². The fourth-order valence-electron chi connectivity index (χ4n) is 1.96. The molecular formula is C17H29NO2. The van der Waals surface area contributed by atoms with E-state index in [-0.39, 0.29) is 13.2 Å². The van der Waals surface area contributed by atoms with Crippen molar-refractivity contribution in [2.45, 2.75) is 41.0 Å². The van der Waals surface area contributed by atoms with E-state index >= 15 is 0 Å². The Bertz CT molecular complexity index is 369. The number of benzene rings is 1. The van der Waals surface area contributed by atoms with Crippen molar-refractivity contribution in [2.75, 3.05) is 26.2 Å². The lowest BCUT2D eigenvalue weighted by Gasteiger charge is -2.17. The molecule has 0 fully saturated rings. The minimum absolute atomic E-state index is 0. The molecule has 1 aromatic rings. The van der Waals surface area contributed by atoms with Gasteiger partial charge in [0.15, 0.2) is 5.78 Å². The van der Waals surface area contributed by atoms with Crippen molar-refractivity contribution in [3.05, 3.63) is 29.8 Å². The first kappa shape index (κ1) is 18.7. The minimum Gasteiger partial charge on any atom is -0.494 e. The maximum absolute atomic E-state index is 11.5. The first-order valence-corrected chi connectivity index (χ1v) is 7.19. The highest BCUT2D eigenvalue weighted by atomic mass is 16.5. The van der Waals surface area contributed by atoms with Crippen LogP contribution in [0.25, 0.3) is 0 Å². The lowest BCUT2D eigenvalue weighted by atomic mass is 10.1. The van der Waals surface area contributed by atoms with Crippen LogP contribution in [0, 0.1) is 0 Å². The highest BCUT2D eigenvalue weighted by molar-refractivity contribution is 5.95. The fraction of sp³-hybridized carbons (Fsp3) is 0.588. The predicted molar refractivity (Wildman–Crippen MR) is 85.7 cm³/mol. The molecule has 1 aromatic carbocycles. The largest absolute Gasteiger partial charge is 0.494 e. The van der Waals surface area contributed by atoms with Crippen molar-refractivity contribution in [1.29, 1.82) is 0 Å². The lowest BCUT2D eigenvalue weighted by molar-refractivity contribution is 0.0988. The first-order chi connectivity index (χ1) is 9.21. The number of ketones is 1. The Balaban J connectivity index is 0.00000361. The average Bonchev–Trinajstić information content (AvgIpc) is 2.47. The zero-order chi connectivity index (χ0) is 14.1. The number of hydrogen-bond donors (Lipinski definition) is 0. The molecule has 1 rings (SSSR count). The number of hydrogen-bond acceptors (Lipinski definition) is 3. The van der Waals surface area contributed by atoms with Gasteiger partial charge < -0.3 is 9.64 Å². The topological polar surface area (TPSA) is 29.5 Å². The summed E-state index contributed by atoms with van der Waals surface area (Å²) in [5.74, 6) is 1.01. The van der Waals surface area contributed by atoms with Gasteiger partial charge in [0.25, 0.3) is 0 Å². The van der Waals surface area contributed by atoms with Crippen LogP contribution in [0.4, 0.5) is 0 Å². The summed E-state index contributed by atoms with van der Waals surface area (Å²) in [6.45, 7) is 10.2. The summed E-state index contributed by atoms with van der Waals surface area (Å²) in [5, 5.41) is 0. The van der Waals surface area contributed by atoms with Gasteiger partial charge in [-0.05, 0) is 43.8 Å². The Morgan fingerprint density at radius 2 is 1.70 bits per heavy atom. The molecule has 114 valence electrons. The van der Waals surface area contributed by atoms with Crippen LogP contribution in [0.3, 0.4) is 0 Å². The second kappa shape index (κ2) is 10.4. The Morgan fingerprint density at radius 3 is 2.20 bits per heavy atom. The predicted octanol–water partition coefficient (Wildman–Crippen LogP) is 4.03. The molecule has 0 aliphatic carbocycles. The van der Waals surface area contributed by atoms with Gasteiger partial charge in [-0.2, -0.15) is 0 Å². The van der Waals surface area contributed by atoms with E-state index in [1.807, 2.05) is 31.2 Å². The molecule has 0 radical (unpaired) electrons. The summed E-state index contributed by atoms with van der Waals surface area (Å²) in [7, 11) is 0. The molecule has 0 atom stereocenters. The molecule has 0 aliphatic rings. The maximum Gasteiger partial charge on any atom is 0.162 e. The van der Waals surface area contributed by atoms with Crippen molar-refractivity contribution in [3.63, 3.8) is 0 Å². The van der Waals surface area contributed by atoms with Crippen molar-refractivity contribution >= 4 is 5.78 Å². The minimum atomic E-state index is 0. The molecule has 3 nitrogen and oxygen atoms in total. The zero-order valence-electron chi connectivity index (χ0n) is 12.3. The third kappa shape index (κ3) is 6.20. The van der Waals surface area contributed by atoms with E-state index in [9.17, 15) is 4.79 Å². The molecule has 0 N–H and O–H groups in total. The Labute approximate surface area is 123 Å². The molecule has 0 unspecified atom stereocenters. The van der Waals surface area contributed by atoms with Crippen molar-refractivity contribution in [2.24, 2.45) is 0 Å². The average molecular weight is 279 g/mol. The van der Waals surface area contributed by atoms with Crippen LogP contribution in [-0.4, -0.2) is 36.9 Å². The molecule has 0 saturated heterocycles. The third-order valence-corrected chi connectivity index (χ3v) is 3.28. The van der Waals surface area contributed by atoms with E-state index in [0.717, 1.165) is 44.0 Å². The van der Waals surface area contributed by atoms with E-state index < -0.39 is 0 Å². The van der Waals surface area contributed by atoms with Crippen LogP contribution in [-0.2, 0) is 0 Å². The molecule has 0 aromatic heterocycles. The number of Topliss-reactive ketones (excluding diaryl/α,β-unsaturated/α-hetero) is 1. The van der Waals surface area contributed by atoms with E-state index in [2.05, 4.69) is 18.7 Å². The Morgan fingerprint density at radius 1 is 1.10 bits per heavy atom. The van der Waals surface area contributed by atoms with Gasteiger partial charge in [-0.15, -0.1) is 0 Å². The van der Waals surface area contributed by atoms with Crippen LogP contribution in [0.15, 0.2) is 24.3 Å². The van der Waals surface area contributed by atoms with Crippen molar-refractivity contribution in [1.82, 2.24) is 4.90 Å². The zero-order valence-corrected chi connectivity index (χ0v) is 12.3. The molecule has 0 amide bonds. The molecular weight excluding hydrogens is 250 g/mol. The molecule has 20 heavy (non-hydrogen) atoms. The molecule has 0 aliphatic heterocycles. The van der Waals surface area contributed by atoms with Crippen molar-refractivity contribution in [3.8, 4) is 5.75 Å². The highest BCUT2D eigenvalue weighted by Crippen LogP contribution is 2.13. The fourth-order valence-corrected chi connectivity index (χ4v) is 1.96. The van der Waals surface area contributed by atoms with Crippen LogP contribution < -0.4 is 4.74 Å². The number of ether oxygens (including phenoxy) is 1. The third-order valence-electron chi connectivity index (χ3n) is 3.28. The normalized spacial score (nSPS) is 10.2. The van der Waals surface area contributed by atoms with Crippen LogP contribution >= 0.6 is 0 Å². The number of rotatable bonds is 9. The Kier molecular flexibility index (Phi) is 9.73. The van der Waals surface area contributed by atoms with Gasteiger partial charge in [0.2, 0.25) is 0 Å². The molecule has 3 heteroatoms. The van der Waals surface area contributed by atoms with Gasteiger partial charge in [0.1, 0.15) is 5.75 Å². The van der Waals surface area contributed by atoms with Gasteiger partial charge in [0, 0.05) is 18.5 Å². The second-order valence-corrected chi connectivity index (χ2v) is 4.53.